The number of benzene rings is 1. The van der Waals surface area contributed by atoms with E-state index < -0.39 is 4.92 Å². The molecule has 8 heteroatoms. The first-order valence-electron chi connectivity index (χ1n) is 6.60. The van der Waals surface area contributed by atoms with Crippen LogP contribution >= 0.6 is 0 Å². The number of hydrogen-bond acceptors (Lipinski definition) is 5. The zero-order valence-electron chi connectivity index (χ0n) is 12.4. The maximum absolute atomic E-state index is 12.2. The van der Waals surface area contributed by atoms with Crippen LogP contribution in [0.2, 0.25) is 0 Å². The summed E-state index contributed by atoms with van der Waals surface area (Å²) in [7, 11) is 1.60. The van der Waals surface area contributed by atoms with Crippen LogP contribution in [0.3, 0.4) is 0 Å². The predicted molar refractivity (Wildman–Crippen MR) is 79.5 cm³/mol. The van der Waals surface area contributed by atoms with Crippen molar-refractivity contribution in [2.45, 2.75) is 19.9 Å². The van der Waals surface area contributed by atoms with Gasteiger partial charge in [0.2, 0.25) is 0 Å². The van der Waals surface area contributed by atoms with E-state index >= 15 is 0 Å². The Hall–Kier alpha value is -2.90. The van der Waals surface area contributed by atoms with Gasteiger partial charge in [0.25, 0.3) is 5.69 Å². The molecule has 22 heavy (non-hydrogen) atoms. The maximum Gasteiger partial charge on any atom is 0.323 e. The van der Waals surface area contributed by atoms with Gasteiger partial charge in [-0.05, 0) is 19.4 Å². The Morgan fingerprint density at radius 1 is 1.45 bits per heavy atom. The van der Waals surface area contributed by atoms with Crippen LogP contribution in [0.25, 0.3) is 0 Å². The average molecular weight is 304 g/mol. The van der Waals surface area contributed by atoms with Gasteiger partial charge in [-0.15, -0.1) is 0 Å². The lowest BCUT2D eigenvalue weighted by Crippen LogP contribution is -2.33. The summed E-state index contributed by atoms with van der Waals surface area (Å²) in [6.45, 7) is 3.50. The van der Waals surface area contributed by atoms with Crippen molar-refractivity contribution >= 4 is 17.5 Å². The van der Waals surface area contributed by atoms with E-state index in [0.717, 1.165) is 0 Å². The minimum atomic E-state index is -0.464. The number of carbonyl (C=O) groups excluding carboxylic acids is 1. The number of non-ortho nitro benzene ring substituents is 1. The van der Waals surface area contributed by atoms with E-state index in [9.17, 15) is 14.9 Å². The Balaban J connectivity index is 2.10. The maximum atomic E-state index is 12.2. The van der Waals surface area contributed by atoms with Gasteiger partial charge in [-0.1, -0.05) is 17.3 Å². The zero-order valence-corrected chi connectivity index (χ0v) is 12.4. The number of nitro groups is 1. The smallest absolute Gasteiger partial charge is 0.323 e. The van der Waals surface area contributed by atoms with Crippen molar-refractivity contribution in [3.63, 3.8) is 0 Å². The summed E-state index contributed by atoms with van der Waals surface area (Å²) in [6.07, 6.45) is 0. The first-order valence-corrected chi connectivity index (χ1v) is 6.60. The van der Waals surface area contributed by atoms with Crippen LogP contribution in [0.1, 0.15) is 24.3 Å². The Labute approximate surface area is 126 Å². The molecular formula is C14H16N4O4. The molecule has 2 aromatic rings. The molecule has 0 aliphatic rings. The van der Waals surface area contributed by atoms with Gasteiger partial charge in [0.05, 0.1) is 11.0 Å². The number of nitrogens with one attached hydrogen (secondary N) is 1. The lowest BCUT2D eigenvalue weighted by atomic mass is 10.1. The molecule has 0 aliphatic carbocycles. The molecule has 2 amide bonds. The molecular weight excluding hydrogens is 288 g/mol. The summed E-state index contributed by atoms with van der Waals surface area (Å²) in [5.41, 5.74) is 0.661. The fourth-order valence-corrected chi connectivity index (χ4v) is 1.92. The molecule has 0 radical (unpaired) electrons. The number of nitro benzene ring substituents is 1. The average Bonchev–Trinajstić information content (AvgIpc) is 2.90. The molecule has 1 aromatic heterocycles. The Bertz CT molecular complexity index is 698. The topological polar surface area (TPSA) is 102 Å². The van der Waals surface area contributed by atoms with Gasteiger partial charge in [0, 0.05) is 25.2 Å². The van der Waals surface area contributed by atoms with Gasteiger partial charge < -0.3 is 9.42 Å². The molecule has 1 N–H and O–H groups in total. The Kier molecular flexibility index (Phi) is 4.40. The molecule has 0 saturated carbocycles. The second-order valence-electron chi connectivity index (χ2n) is 4.89. The van der Waals surface area contributed by atoms with Gasteiger partial charge in [0.15, 0.2) is 5.82 Å². The number of amides is 2. The third-order valence-electron chi connectivity index (χ3n) is 3.33. The van der Waals surface area contributed by atoms with Crippen LogP contribution in [0, 0.1) is 17.0 Å². The minimum absolute atomic E-state index is 0.00900. The highest BCUT2D eigenvalue weighted by atomic mass is 16.6. The van der Waals surface area contributed by atoms with E-state index in [4.69, 9.17) is 4.52 Å². The summed E-state index contributed by atoms with van der Waals surface area (Å²) < 4.78 is 4.87. The van der Waals surface area contributed by atoms with Crippen molar-refractivity contribution in [2.24, 2.45) is 0 Å². The van der Waals surface area contributed by atoms with E-state index in [-0.39, 0.29) is 17.8 Å². The first-order chi connectivity index (χ1) is 10.4. The first kappa shape index (κ1) is 15.5. The highest BCUT2D eigenvalue weighted by Gasteiger charge is 2.20. The van der Waals surface area contributed by atoms with E-state index in [1.807, 2.05) is 0 Å². The molecule has 8 nitrogen and oxygen atoms in total. The summed E-state index contributed by atoms with van der Waals surface area (Å²) >= 11 is 0. The molecule has 0 bridgehead atoms. The second-order valence-corrected chi connectivity index (χ2v) is 4.89. The van der Waals surface area contributed by atoms with Gasteiger partial charge in [-0.3, -0.25) is 15.4 Å². The number of aryl methyl sites for hydroxylation is 1. The van der Waals surface area contributed by atoms with Crippen LogP contribution in [-0.4, -0.2) is 28.1 Å². The molecule has 0 unspecified atom stereocenters. The molecule has 1 aromatic carbocycles. The fourth-order valence-electron chi connectivity index (χ4n) is 1.92. The van der Waals surface area contributed by atoms with Gasteiger partial charge in [-0.25, -0.2) is 4.79 Å². The molecule has 2 rings (SSSR count). The highest BCUT2D eigenvalue weighted by molar-refractivity contribution is 5.88. The minimum Gasteiger partial charge on any atom is -0.360 e. The third-order valence-corrected chi connectivity index (χ3v) is 3.33. The molecule has 0 fully saturated rings. The SMILES string of the molecule is Cc1cc(NC(=O)N(C)[C@@H](C)c2cccc([N+](=O)[O-])c2)no1. The fraction of sp³-hybridized carbons (Fsp3) is 0.286. The van der Waals surface area contributed by atoms with Gasteiger partial charge >= 0.3 is 6.03 Å². The number of nitrogens with zero attached hydrogens (tertiary/aromatic N) is 3. The predicted octanol–water partition coefficient (Wildman–Crippen LogP) is 3.12. The van der Waals surface area contributed by atoms with E-state index in [2.05, 4.69) is 10.5 Å². The quantitative estimate of drug-likeness (QED) is 0.690. The third kappa shape index (κ3) is 3.40. The number of carbonyl (C=O) groups is 1. The van der Waals surface area contributed by atoms with Crippen molar-refractivity contribution in [1.29, 1.82) is 0 Å². The van der Waals surface area contributed by atoms with Gasteiger partial charge in [-0.2, -0.15) is 0 Å². The molecule has 0 saturated heterocycles. The van der Waals surface area contributed by atoms with Crippen LogP contribution in [0.15, 0.2) is 34.9 Å². The summed E-state index contributed by atoms with van der Waals surface area (Å²) in [5, 5.41) is 17.1. The Morgan fingerprint density at radius 3 is 2.77 bits per heavy atom. The molecule has 1 atom stereocenters. The molecule has 0 spiro atoms. The van der Waals surface area contributed by atoms with Crippen molar-refractivity contribution in [3.8, 4) is 0 Å². The van der Waals surface area contributed by atoms with Crippen LogP contribution in [0.5, 0.6) is 0 Å². The summed E-state index contributed by atoms with van der Waals surface area (Å²) in [4.78, 5) is 23.9. The molecule has 0 aliphatic heterocycles. The van der Waals surface area contributed by atoms with Crippen molar-refractivity contribution in [3.05, 3.63) is 51.8 Å². The van der Waals surface area contributed by atoms with Crippen molar-refractivity contribution in [1.82, 2.24) is 10.1 Å². The van der Waals surface area contributed by atoms with Crippen LogP contribution < -0.4 is 5.32 Å². The Morgan fingerprint density at radius 2 is 2.18 bits per heavy atom. The highest BCUT2D eigenvalue weighted by Crippen LogP contribution is 2.23. The normalized spacial score (nSPS) is 11.8. The lowest BCUT2D eigenvalue weighted by molar-refractivity contribution is -0.384. The van der Waals surface area contributed by atoms with E-state index in [0.29, 0.717) is 17.1 Å². The van der Waals surface area contributed by atoms with E-state index in [1.165, 1.54) is 17.0 Å². The van der Waals surface area contributed by atoms with E-state index in [1.54, 1.807) is 39.1 Å². The molecule has 1 heterocycles. The van der Waals surface area contributed by atoms with Crippen molar-refractivity contribution < 1.29 is 14.2 Å². The van der Waals surface area contributed by atoms with Crippen molar-refractivity contribution in [2.75, 3.05) is 12.4 Å². The van der Waals surface area contributed by atoms with Gasteiger partial charge in [0.1, 0.15) is 5.76 Å². The summed E-state index contributed by atoms with van der Waals surface area (Å²) in [6, 6.07) is 7.07. The summed E-state index contributed by atoms with van der Waals surface area (Å²) in [5.74, 6) is 0.908. The number of urea groups is 1. The number of rotatable bonds is 4. The zero-order chi connectivity index (χ0) is 16.3. The largest absolute Gasteiger partial charge is 0.360 e. The number of hydrogen-bond donors (Lipinski definition) is 1. The van der Waals surface area contributed by atoms with Crippen LogP contribution in [0.4, 0.5) is 16.3 Å². The number of anilines is 1. The second kappa shape index (κ2) is 6.25. The monoisotopic (exact) mass is 304 g/mol. The number of aromatic nitrogens is 1. The molecule has 116 valence electrons. The lowest BCUT2D eigenvalue weighted by Gasteiger charge is -2.24. The standard InChI is InChI=1S/C14H16N4O4/c1-9-7-13(16-22-9)15-14(19)17(3)10(2)11-5-4-6-12(8-11)18(20)21/h4-8,10H,1-3H3,(H,15,16,19)/t10-/m0/s1. The van der Waals surface area contributed by atoms with Crippen LogP contribution in [-0.2, 0) is 0 Å².